The number of hydrogen-bond acceptors (Lipinski definition) is 1. The van der Waals surface area contributed by atoms with E-state index in [0.717, 1.165) is 18.6 Å². The summed E-state index contributed by atoms with van der Waals surface area (Å²) in [6.07, 6.45) is 14.1. The molecule has 0 rings (SSSR count). The van der Waals surface area contributed by atoms with Crippen LogP contribution >= 0.6 is 0 Å². The molecule has 0 radical (unpaired) electrons. The minimum atomic E-state index is 0.776. The summed E-state index contributed by atoms with van der Waals surface area (Å²) in [4.78, 5) is 10.1. The van der Waals surface area contributed by atoms with Crippen LogP contribution in [0.15, 0.2) is 36.5 Å². The zero-order valence-corrected chi connectivity index (χ0v) is 10.6. The molecule has 1 heteroatoms. The molecule has 0 aliphatic heterocycles. The SMILES string of the molecule is C=C/C(=C\C=C\C=O)CC[C@@H](C)CCCC. The Morgan fingerprint density at radius 3 is 2.62 bits per heavy atom. The minimum Gasteiger partial charge on any atom is -0.299 e. The van der Waals surface area contributed by atoms with Crippen molar-refractivity contribution in [1.29, 1.82) is 0 Å². The quantitative estimate of drug-likeness (QED) is 0.318. The van der Waals surface area contributed by atoms with Crippen molar-refractivity contribution >= 4 is 6.29 Å². The highest BCUT2D eigenvalue weighted by Crippen LogP contribution is 2.17. The van der Waals surface area contributed by atoms with Gasteiger partial charge < -0.3 is 0 Å². The van der Waals surface area contributed by atoms with Gasteiger partial charge in [-0.3, -0.25) is 4.79 Å². The highest BCUT2D eigenvalue weighted by molar-refractivity contribution is 5.65. The molecule has 1 atom stereocenters. The first-order chi connectivity index (χ1) is 7.74. The average molecular weight is 220 g/mol. The maximum absolute atomic E-state index is 10.1. The van der Waals surface area contributed by atoms with Crippen molar-refractivity contribution in [1.82, 2.24) is 0 Å². The molecule has 0 aromatic rings. The van der Waals surface area contributed by atoms with Gasteiger partial charge in [-0.1, -0.05) is 57.9 Å². The minimum absolute atomic E-state index is 0.776. The van der Waals surface area contributed by atoms with Gasteiger partial charge in [-0.05, 0) is 30.4 Å². The molecule has 0 saturated carbocycles. The molecule has 90 valence electrons. The number of allylic oxidation sites excluding steroid dienone is 5. The van der Waals surface area contributed by atoms with E-state index in [1.807, 2.05) is 12.2 Å². The van der Waals surface area contributed by atoms with Crippen LogP contribution in [-0.2, 0) is 4.79 Å². The molecule has 16 heavy (non-hydrogen) atoms. The monoisotopic (exact) mass is 220 g/mol. The van der Waals surface area contributed by atoms with Gasteiger partial charge in [0.2, 0.25) is 0 Å². The van der Waals surface area contributed by atoms with Gasteiger partial charge in [-0.2, -0.15) is 0 Å². The van der Waals surface area contributed by atoms with E-state index in [4.69, 9.17) is 0 Å². The lowest BCUT2D eigenvalue weighted by molar-refractivity contribution is -0.104. The average Bonchev–Trinajstić information content (AvgIpc) is 2.31. The van der Waals surface area contributed by atoms with Crippen LogP contribution in [-0.4, -0.2) is 6.29 Å². The zero-order chi connectivity index (χ0) is 12.2. The van der Waals surface area contributed by atoms with E-state index in [1.165, 1.54) is 37.3 Å². The highest BCUT2D eigenvalue weighted by Gasteiger charge is 2.01. The number of unbranched alkanes of at least 4 members (excludes halogenated alkanes) is 1. The van der Waals surface area contributed by atoms with Gasteiger partial charge in [0.25, 0.3) is 0 Å². The third-order valence-electron chi connectivity index (χ3n) is 2.74. The van der Waals surface area contributed by atoms with Gasteiger partial charge in [-0.15, -0.1) is 0 Å². The van der Waals surface area contributed by atoms with Gasteiger partial charge in [-0.25, -0.2) is 0 Å². The first-order valence-corrected chi connectivity index (χ1v) is 6.18. The van der Waals surface area contributed by atoms with Crippen LogP contribution in [0.25, 0.3) is 0 Å². The fourth-order valence-corrected chi connectivity index (χ4v) is 1.59. The third kappa shape index (κ3) is 8.22. The van der Waals surface area contributed by atoms with E-state index in [9.17, 15) is 4.79 Å². The molecule has 0 aliphatic rings. The Balaban J connectivity index is 3.94. The first-order valence-electron chi connectivity index (χ1n) is 6.18. The molecule has 0 aromatic heterocycles. The lowest BCUT2D eigenvalue weighted by Gasteiger charge is -2.10. The number of rotatable bonds is 9. The number of carbonyl (C=O) groups excluding carboxylic acids is 1. The van der Waals surface area contributed by atoms with E-state index in [-0.39, 0.29) is 0 Å². The van der Waals surface area contributed by atoms with Crippen molar-refractivity contribution in [2.45, 2.75) is 46.0 Å². The Hall–Kier alpha value is -1.11. The molecule has 0 heterocycles. The summed E-state index contributed by atoms with van der Waals surface area (Å²) in [5.74, 6) is 0.776. The van der Waals surface area contributed by atoms with Crippen molar-refractivity contribution in [2.24, 2.45) is 5.92 Å². The Kier molecular flexibility index (Phi) is 9.69. The topological polar surface area (TPSA) is 17.1 Å². The molecular weight excluding hydrogens is 196 g/mol. The van der Waals surface area contributed by atoms with Crippen molar-refractivity contribution in [2.75, 3.05) is 0 Å². The molecular formula is C15H24O. The van der Waals surface area contributed by atoms with Crippen LogP contribution in [0.4, 0.5) is 0 Å². The normalized spacial score (nSPS) is 14.0. The maximum Gasteiger partial charge on any atom is 0.142 e. The third-order valence-corrected chi connectivity index (χ3v) is 2.74. The summed E-state index contributed by atoms with van der Waals surface area (Å²) >= 11 is 0. The summed E-state index contributed by atoms with van der Waals surface area (Å²) in [6, 6.07) is 0. The van der Waals surface area contributed by atoms with E-state index in [1.54, 1.807) is 6.08 Å². The van der Waals surface area contributed by atoms with Crippen LogP contribution in [0.2, 0.25) is 0 Å². The largest absolute Gasteiger partial charge is 0.299 e. The number of carbonyl (C=O) groups is 1. The Labute approximate surface area is 99.9 Å². The van der Waals surface area contributed by atoms with Crippen molar-refractivity contribution < 1.29 is 4.79 Å². The zero-order valence-electron chi connectivity index (χ0n) is 10.6. The van der Waals surface area contributed by atoms with E-state index >= 15 is 0 Å². The molecule has 0 unspecified atom stereocenters. The predicted molar refractivity (Wildman–Crippen MR) is 71.4 cm³/mol. The summed E-state index contributed by atoms with van der Waals surface area (Å²) in [5, 5.41) is 0. The summed E-state index contributed by atoms with van der Waals surface area (Å²) in [5.41, 5.74) is 1.21. The van der Waals surface area contributed by atoms with E-state index < -0.39 is 0 Å². The van der Waals surface area contributed by atoms with Crippen molar-refractivity contribution in [3.8, 4) is 0 Å². The van der Waals surface area contributed by atoms with Crippen molar-refractivity contribution in [3.63, 3.8) is 0 Å². The van der Waals surface area contributed by atoms with Crippen LogP contribution in [0.1, 0.15) is 46.0 Å². The second-order valence-electron chi connectivity index (χ2n) is 4.25. The molecule has 0 spiro atoms. The molecule has 0 saturated heterocycles. The summed E-state index contributed by atoms with van der Waals surface area (Å²) in [7, 11) is 0. The molecule has 0 bridgehead atoms. The van der Waals surface area contributed by atoms with Crippen LogP contribution < -0.4 is 0 Å². The Morgan fingerprint density at radius 1 is 1.31 bits per heavy atom. The molecule has 0 amide bonds. The Morgan fingerprint density at radius 2 is 2.06 bits per heavy atom. The second kappa shape index (κ2) is 10.4. The molecule has 0 aromatic carbocycles. The van der Waals surface area contributed by atoms with Crippen LogP contribution in [0.3, 0.4) is 0 Å². The van der Waals surface area contributed by atoms with Crippen molar-refractivity contribution in [3.05, 3.63) is 36.5 Å². The summed E-state index contributed by atoms with van der Waals surface area (Å²) in [6.45, 7) is 8.32. The van der Waals surface area contributed by atoms with Gasteiger partial charge in [0.15, 0.2) is 0 Å². The van der Waals surface area contributed by atoms with Crippen LogP contribution in [0.5, 0.6) is 0 Å². The first kappa shape index (κ1) is 14.9. The Bertz CT molecular complexity index is 248. The fraction of sp³-hybridized carbons (Fsp3) is 0.533. The lowest BCUT2D eigenvalue weighted by Crippen LogP contribution is -1.95. The van der Waals surface area contributed by atoms with Crippen LogP contribution in [0, 0.1) is 5.92 Å². The molecule has 0 aliphatic carbocycles. The second-order valence-corrected chi connectivity index (χ2v) is 4.25. The lowest BCUT2D eigenvalue weighted by atomic mass is 9.96. The highest BCUT2D eigenvalue weighted by atomic mass is 16.1. The predicted octanol–water partition coefficient (Wildman–Crippen LogP) is 4.46. The van der Waals surface area contributed by atoms with Gasteiger partial charge in [0.05, 0.1) is 0 Å². The molecule has 1 nitrogen and oxygen atoms in total. The fourth-order valence-electron chi connectivity index (χ4n) is 1.59. The number of aldehydes is 1. The number of hydrogen-bond donors (Lipinski definition) is 0. The van der Waals surface area contributed by atoms with E-state index in [2.05, 4.69) is 20.4 Å². The smallest absolute Gasteiger partial charge is 0.142 e. The maximum atomic E-state index is 10.1. The van der Waals surface area contributed by atoms with Gasteiger partial charge in [0, 0.05) is 0 Å². The van der Waals surface area contributed by atoms with E-state index in [0.29, 0.717) is 0 Å². The van der Waals surface area contributed by atoms with Gasteiger partial charge in [0.1, 0.15) is 6.29 Å². The molecule has 0 fully saturated rings. The summed E-state index contributed by atoms with van der Waals surface area (Å²) < 4.78 is 0. The van der Waals surface area contributed by atoms with Gasteiger partial charge >= 0.3 is 0 Å². The standard InChI is InChI=1S/C15H24O/c1-4-6-9-14(3)11-12-15(5-2)10-7-8-13-16/h5,7-8,10,13-14H,2,4,6,9,11-12H2,1,3H3/b8-7+,15-10+/t14-/m0/s1. The molecule has 0 N–H and O–H groups in total.